The average Bonchev–Trinajstić information content (AvgIpc) is 3.25. The van der Waals surface area contributed by atoms with Gasteiger partial charge in [0.05, 0.1) is 36.9 Å². The van der Waals surface area contributed by atoms with E-state index >= 15 is 4.79 Å². The SMILES string of the molecule is CC1OC(OC2C(OC(=O)C34CCC(C)(C)CC3C3=CCC5C6(C)CC(O)C(OC7OC(CO)C(O)C(O)C7O)C(C)(C)C6CCC5(C)C3(C)CC4)OC(CO)C(O)C2O)C(O)C(O)C1O. The maximum atomic E-state index is 15.2. The molecule has 3 heterocycles. The molecule has 5 aliphatic carbocycles. The molecule has 24 unspecified atom stereocenters. The zero-order valence-corrected chi connectivity index (χ0v) is 39.7. The third-order valence-electron chi connectivity index (χ3n) is 19.2. The van der Waals surface area contributed by atoms with Crippen molar-refractivity contribution < 1.29 is 89.4 Å². The van der Waals surface area contributed by atoms with Gasteiger partial charge in [-0.2, -0.15) is 0 Å². The summed E-state index contributed by atoms with van der Waals surface area (Å²) in [5, 5.41) is 118. The van der Waals surface area contributed by atoms with E-state index in [-0.39, 0.29) is 39.4 Å². The Labute approximate surface area is 387 Å². The van der Waals surface area contributed by atoms with Crippen molar-refractivity contribution in [2.24, 2.45) is 50.2 Å². The first kappa shape index (κ1) is 50.9. The van der Waals surface area contributed by atoms with Crippen molar-refractivity contribution >= 4 is 5.97 Å². The van der Waals surface area contributed by atoms with Gasteiger partial charge in [-0.05, 0) is 110 Å². The molecule has 7 fully saturated rings. The molecule has 0 aromatic heterocycles. The molecule has 11 N–H and O–H groups in total. The lowest BCUT2D eigenvalue weighted by molar-refractivity contribution is -0.361. The summed E-state index contributed by atoms with van der Waals surface area (Å²) in [4.78, 5) is 15.2. The molecule has 0 amide bonds. The lowest BCUT2D eigenvalue weighted by Gasteiger charge is -2.71. The molecular weight excluding hydrogens is 865 g/mol. The largest absolute Gasteiger partial charge is 0.432 e. The maximum absolute atomic E-state index is 15.2. The Kier molecular flexibility index (Phi) is 13.7. The van der Waals surface area contributed by atoms with Crippen LogP contribution in [0.25, 0.3) is 0 Å². The quantitative estimate of drug-likeness (QED) is 0.0877. The summed E-state index contributed by atoms with van der Waals surface area (Å²) in [5.74, 6) is -0.629. The second-order valence-corrected chi connectivity index (χ2v) is 23.6. The molecule has 3 aliphatic heterocycles. The highest BCUT2D eigenvalue weighted by molar-refractivity contribution is 5.79. The number of esters is 1. The van der Waals surface area contributed by atoms with Crippen LogP contribution in [0.1, 0.15) is 113 Å². The number of carbonyl (C=O) groups excluding carboxylic acids is 1. The number of hydrogen-bond donors (Lipinski definition) is 11. The number of aliphatic hydroxyl groups excluding tert-OH is 11. The molecule has 18 nitrogen and oxygen atoms in total. The van der Waals surface area contributed by atoms with Gasteiger partial charge in [0.25, 0.3) is 0 Å². The summed E-state index contributed by atoms with van der Waals surface area (Å²) in [5.41, 5.74) is -1.58. The van der Waals surface area contributed by atoms with Gasteiger partial charge in [-0.15, -0.1) is 0 Å². The van der Waals surface area contributed by atoms with Crippen molar-refractivity contribution in [3.8, 4) is 0 Å². The standard InChI is InChI=1S/C48H78O18/c1-21-29(52)32(55)35(58)39(61-21)64-37-34(57)31(54)26(20-50)63-41(37)66-42(60)48-15-13-43(2,3)17-23(48)22-9-10-28-45(6)18-24(51)38(65-40-36(59)33(56)30(53)25(19-49)62-40)44(4,5)27(45)11-12-47(28,8)46(22,7)14-16-48/h9,21,23-41,49-59H,10-20H2,1-8H3. The summed E-state index contributed by atoms with van der Waals surface area (Å²) in [6.07, 6.45) is -16.4. The van der Waals surface area contributed by atoms with Crippen LogP contribution < -0.4 is 0 Å². The maximum Gasteiger partial charge on any atom is 0.315 e. The summed E-state index contributed by atoms with van der Waals surface area (Å²) in [7, 11) is 0. The average molecular weight is 943 g/mol. The minimum atomic E-state index is -1.77. The Morgan fingerprint density at radius 3 is 1.86 bits per heavy atom. The summed E-state index contributed by atoms with van der Waals surface area (Å²) < 4.78 is 36.0. The molecule has 0 spiro atoms. The van der Waals surface area contributed by atoms with E-state index in [1.54, 1.807) is 0 Å². The van der Waals surface area contributed by atoms with Crippen LogP contribution in [0.2, 0.25) is 0 Å². The predicted octanol–water partition coefficient (Wildman–Crippen LogP) is 0.139. The lowest BCUT2D eigenvalue weighted by Crippen LogP contribution is -2.68. The highest BCUT2D eigenvalue weighted by atomic mass is 16.8. The van der Waals surface area contributed by atoms with E-state index in [2.05, 4.69) is 54.5 Å². The first-order valence-electron chi connectivity index (χ1n) is 24.3. The van der Waals surface area contributed by atoms with Crippen molar-refractivity contribution in [2.75, 3.05) is 13.2 Å². The molecule has 4 saturated carbocycles. The molecule has 378 valence electrons. The fourth-order valence-electron chi connectivity index (χ4n) is 15.1. The fourth-order valence-corrected chi connectivity index (χ4v) is 15.1. The third-order valence-corrected chi connectivity index (χ3v) is 19.2. The van der Waals surface area contributed by atoms with E-state index in [0.29, 0.717) is 38.5 Å². The van der Waals surface area contributed by atoms with Crippen molar-refractivity contribution in [3.05, 3.63) is 11.6 Å². The van der Waals surface area contributed by atoms with Crippen molar-refractivity contribution in [3.63, 3.8) is 0 Å². The highest BCUT2D eigenvalue weighted by Crippen LogP contribution is 2.76. The molecular formula is C48H78O18. The van der Waals surface area contributed by atoms with E-state index in [4.69, 9.17) is 28.4 Å². The molecule has 0 aromatic carbocycles. The number of fused-ring (bicyclic) bond motifs is 7. The number of aliphatic hydroxyl groups is 11. The van der Waals surface area contributed by atoms with Crippen LogP contribution in [0.3, 0.4) is 0 Å². The number of allylic oxidation sites excluding steroid dienone is 2. The van der Waals surface area contributed by atoms with Crippen molar-refractivity contribution in [1.82, 2.24) is 0 Å². The minimum absolute atomic E-state index is 0.0603. The van der Waals surface area contributed by atoms with Crippen LogP contribution in [0.5, 0.6) is 0 Å². The third kappa shape index (κ3) is 7.78. The van der Waals surface area contributed by atoms with E-state index in [1.165, 1.54) is 12.5 Å². The van der Waals surface area contributed by atoms with Crippen LogP contribution in [-0.2, 0) is 33.2 Å². The molecule has 24 atom stereocenters. The Bertz CT molecular complexity index is 1810. The Balaban J connectivity index is 1.07. The molecule has 18 heteroatoms. The first-order valence-corrected chi connectivity index (χ1v) is 24.3. The van der Waals surface area contributed by atoms with Gasteiger partial charge in [-0.1, -0.05) is 60.1 Å². The predicted molar refractivity (Wildman–Crippen MR) is 230 cm³/mol. The van der Waals surface area contributed by atoms with Gasteiger partial charge >= 0.3 is 5.97 Å². The molecule has 8 rings (SSSR count). The summed E-state index contributed by atoms with van der Waals surface area (Å²) in [6, 6.07) is 0. The first-order chi connectivity index (χ1) is 30.7. The monoisotopic (exact) mass is 943 g/mol. The Hall–Kier alpha value is -1.43. The highest BCUT2D eigenvalue weighted by Gasteiger charge is 2.71. The fraction of sp³-hybridized carbons (Fsp3) is 0.938. The zero-order chi connectivity index (χ0) is 48.4. The van der Waals surface area contributed by atoms with Crippen molar-refractivity contribution in [1.29, 1.82) is 0 Å². The van der Waals surface area contributed by atoms with Gasteiger partial charge in [0.2, 0.25) is 6.29 Å². The number of ether oxygens (including phenoxy) is 6. The van der Waals surface area contributed by atoms with Gasteiger partial charge in [0.15, 0.2) is 18.7 Å². The normalized spacial score (nSPS) is 54.4. The Morgan fingerprint density at radius 1 is 0.652 bits per heavy atom. The number of hydrogen-bond acceptors (Lipinski definition) is 18. The van der Waals surface area contributed by atoms with Gasteiger partial charge in [0, 0.05) is 0 Å². The van der Waals surface area contributed by atoms with Crippen molar-refractivity contribution in [2.45, 2.75) is 218 Å². The molecule has 0 aromatic rings. The molecule has 66 heavy (non-hydrogen) atoms. The minimum Gasteiger partial charge on any atom is -0.432 e. The molecule has 0 radical (unpaired) electrons. The molecule has 3 saturated heterocycles. The van der Waals surface area contributed by atoms with Crippen LogP contribution in [0.4, 0.5) is 0 Å². The van der Waals surface area contributed by atoms with E-state index in [0.717, 1.165) is 19.3 Å². The topological polar surface area (TPSA) is 295 Å². The van der Waals surface area contributed by atoms with Gasteiger partial charge in [-0.3, -0.25) is 4.79 Å². The van der Waals surface area contributed by atoms with E-state index in [1.807, 2.05) is 0 Å². The van der Waals surface area contributed by atoms with Gasteiger partial charge < -0.3 is 84.6 Å². The number of rotatable bonds is 8. The van der Waals surface area contributed by atoms with Crippen LogP contribution in [0.15, 0.2) is 11.6 Å². The van der Waals surface area contributed by atoms with E-state index < -0.39 is 134 Å². The van der Waals surface area contributed by atoms with Crippen LogP contribution in [-0.4, -0.2) is 180 Å². The van der Waals surface area contributed by atoms with E-state index in [9.17, 15) is 56.2 Å². The smallest absolute Gasteiger partial charge is 0.315 e. The zero-order valence-electron chi connectivity index (χ0n) is 39.7. The second-order valence-electron chi connectivity index (χ2n) is 23.6. The summed E-state index contributed by atoms with van der Waals surface area (Å²) >= 11 is 0. The molecule has 0 bridgehead atoms. The van der Waals surface area contributed by atoms with Gasteiger partial charge in [0.1, 0.15) is 61.0 Å². The lowest BCUT2D eigenvalue weighted by atomic mass is 9.33. The molecule has 8 aliphatic rings. The van der Waals surface area contributed by atoms with Crippen LogP contribution in [0, 0.1) is 50.2 Å². The van der Waals surface area contributed by atoms with Gasteiger partial charge in [-0.25, -0.2) is 0 Å². The second kappa shape index (κ2) is 17.7. The van der Waals surface area contributed by atoms with Crippen LogP contribution >= 0.6 is 0 Å². The Morgan fingerprint density at radius 2 is 1.23 bits per heavy atom. The summed E-state index contributed by atoms with van der Waals surface area (Å²) in [6.45, 7) is 15.7. The number of carbonyl (C=O) groups is 1.